The van der Waals surface area contributed by atoms with Crippen molar-refractivity contribution >= 4 is 64.9 Å². The summed E-state index contributed by atoms with van der Waals surface area (Å²) in [6.45, 7) is 0. The zero-order chi connectivity index (χ0) is 21.6. The molecule has 5 aromatic rings. The number of aromatic nitrogens is 1. The Kier molecular flexibility index (Phi) is 8.19. The Balaban J connectivity index is 0.00000259. The van der Waals surface area contributed by atoms with Gasteiger partial charge in [-0.05, 0) is 33.4 Å². The average molecular weight is 528 g/mol. The Morgan fingerprint density at radius 2 is 0.606 bits per heavy atom. The van der Waals surface area contributed by atoms with E-state index in [9.17, 15) is 0 Å². The van der Waals surface area contributed by atoms with Crippen molar-refractivity contribution in [2.24, 2.45) is 0 Å². The maximum absolute atomic E-state index is 5.34. The van der Waals surface area contributed by atoms with E-state index in [1.165, 1.54) is 21.2 Å². The molecule has 0 N–H and O–H groups in total. The number of benzene rings is 4. The van der Waals surface area contributed by atoms with Gasteiger partial charge in [-0.1, -0.05) is 127 Å². The van der Waals surface area contributed by atoms with E-state index < -0.39 is 15.8 Å². The molecule has 0 bridgehead atoms. The van der Waals surface area contributed by atoms with Crippen LogP contribution in [0.3, 0.4) is 0 Å². The van der Waals surface area contributed by atoms with E-state index >= 15 is 0 Å². The van der Waals surface area contributed by atoms with Crippen LogP contribution < -0.4 is 32.1 Å². The van der Waals surface area contributed by atoms with Gasteiger partial charge in [0.2, 0.25) is 0 Å². The molecule has 0 aliphatic carbocycles. The number of hydrogen-bond acceptors (Lipinski definition) is 1. The first-order chi connectivity index (χ1) is 15.9. The van der Waals surface area contributed by atoms with E-state index in [1.807, 2.05) is 0 Å². The van der Waals surface area contributed by atoms with E-state index in [-0.39, 0.29) is 17.0 Å². The molecule has 0 fully saturated rings. The highest BCUT2D eigenvalue weighted by Crippen LogP contribution is 2.34. The van der Waals surface area contributed by atoms with Crippen LogP contribution >= 0.6 is 32.8 Å². The summed E-state index contributed by atoms with van der Waals surface area (Å²) in [6, 6.07) is 49.7. The van der Waals surface area contributed by atoms with E-state index in [4.69, 9.17) is 4.98 Å². The minimum absolute atomic E-state index is 0. The van der Waals surface area contributed by atoms with Crippen molar-refractivity contribution < 1.29 is 0 Å². The first-order valence-electron chi connectivity index (χ1n) is 10.7. The highest BCUT2D eigenvalue weighted by atomic mass is 79.9. The summed E-state index contributed by atoms with van der Waals surface area (Å²) in [5.74, 6) is 0. The van der Waals surface area contributed by atoms with Crippen LogP contribution in [0.1, 0.15) is 0 Å². The predicted octanol–water partition coefficient (Wildman–Crippen LogP) is 5.18. The van der Waals surface area contributed by atoms with Gasteiger partial charge in [0.05, 0.1) is 10.9 Å². The third-order valence-corrected chi connectivity index (χ3v) is 9.91. The quantitative estimate of drug-likeness (QED) is 0.277. The zero-order valence-corrected chi connectivity index (χ0v) is 21.5. The summed E-state index contributed by atoms with van der Waals surface area (Å²) < 4.78 is 0. The summed E-state index contributed by atoms with van der Waals surface area (Å²) in [6.07, 6.45) is 0. The number of nitrogens with zero attached hydrogens (tertiary/aromatic N) is 1. The van der Waals surface area contributed by atoms with Crippen molar-refractivity contribution in [3.8, 4) is 0 Å². The Hall–Kier alpha value is -2.63. The van der Waals surface area contributed by atoms with Gasteiger partial charge in [0, 0.05) is 15.8 Å². The van der Waals surface area contributed by atoms with Crippen molar-refractivity contribution in [1.29, 1.82) is 0 Å². The molecule has 5 rings (SSSR count). The summed E-state index contributed by atoms with van der Waals surface area (Å²) >= 11 is 0. The van der Waals surface area contributed by atoms with Gasteiger partial charge < -0.3 is 0 Å². The summed E-state index contributed by atoms with van der Waals surface area (Å²) in [5.41, 5.74) is 2.29. The monoisotopic (exact) mass is 527 g/mol. The van der Waals surface area contributed by atoms with Crippen molar-refractivity contribution in [2.75, 3.05) is 0 Å². The molecule has 0 aliphatic rings. The lowest BCUT2D eigenvalue weighted by Gasteiger charge is -2.22. The third-order valence-electron chi connectivity index (χ3n) is 5.24. The second kappa shape index (κ2) is 11.5. The van der Waals surface area contributed by atoms with E-state index in [0.717, 1.165) is 10.9 Å². The third kappa shape index (κ3) is 5.48. The van der Waals surface area contributed by atoms with Crippen LogP contribution in [0.5, 0.6) is 0 Å². The fourth-order valence-electron chi connectivity index (χ4n) is 3.80. The van der Waals surface area contributed by atoms with E-state index in [2.05, 4.69) is 140 Å². The van der Waals surface area contributed by atoms with Crippen molar-refractivity contribution in [1.82, 2.24) is 4.98 Å². The highest BCUT2D eigenvalue weighted by molar-refractivity contribution is 8.93. The van der Waals surface area contributed by atoms with Crippen LogP contribution in [0.15, 0.2) is 140 Å². The van der Waals surface area contributed by atoms with Crippen LogP contribution in [-0.4, -0.2) is 4.98 Å². The normalized spacial score (nSPS) is 10.7. The maximum Gasteiger partial charge on any atom is 0.0728 e. The van der Waals surface area contributed by atoms with Gasteiger partial charge in [0.15, 0.2) is 0 Å². The minimum atomic E-state index is -0.726. The van der Waals surface area contributed by atoms with Gasteiger partial charge in [0.25, 0.3) is 0 Å². The fraction of sp³-hybridized carbons (Fsp3) is 0. The van der Waals surface area contributed by atoms with Crippen LogP contribution in [0.2, 0.25) is 0 Å². The molecule has 4 aromatic carbocycles. The number of halogens is 1. The minimum Gasteiger partial charge on any atom is -0.247 e. The fourth-order valence-corrected chi connectivity index (χ4v) is 8.30. The topological polar surface area (TPSA) is 12.9 Å². The zero-order valence-electron chi connectivity index (χ0n) is 18.0. The van der Waals surface area contributed by atoms with Gasteiger partial charge >= 0.3 is 0 Å². The average Bonchev–Trinajstić information content (AvgIpc) is 2.87. The molecule has 0 saturated carbocycles. The standard InChI is InChI=1S/C29H23NP2.BrH/c1-5-14-24(15-6-1)31(25-16-7-2-8-17-25)28-22-13-23-29(30-28)32(26-18-9-3-10-19-26)27-20-11-4-12-21-27;/h1-23H;1H. The summed E-state index contributed by atoms with van der Waals surface area (Å²) in [7, 11) is -1.45. The number of rotatable bonds is 6. The lowest BCUT2D eigenvalue weighted by atomic mass is 10.4. The van der Waals surface area contributed by atoms with Crippen molar-refractivity contribution in [3.63, 3.8) is 0 Å². The lowest BCUT2D eigenvalue weighted by Crippen LogP contribution is -2.30. The first kappa shape index (κ1) is 23.5. The van der Waals surface area contributed by atoms with Gasteiger partial charge in [-0.15, -0.1) is 17.0 Å². The molecule has 0 radical (unpaired) electrons. The highest BCUT2D eigenvalue weighted by Gasteiger charge is 2.22. The van der Waals surface area contributed by atoms with Crippen LogP contribution in [0.4, 0.5) is 0 Å². The van der Waals surface area contributed by atoms with Gasteiger partial charge in [-0.3, -0.25) is 0 Å². The van der Waals surface area contributed by atoms with Crippen molar-refractivity contribution in [2.45, 2.75) is 0 Å². The Bertz CT molecular complexity index is 1090. The van der Waals surface area contributed by atoms with Gasteiger partial charge in [-0.2, -0.15) is 0 Å². The molecule has 1 aromatic heterocycles. The maximum atomic E-state index is 5.34. The summed E-state index contributed by atoms with van der Waals surface area (Å²) in [4.78, 5) is 5.34. The molecular formula is C29H24BrNP2. The first-order valence-corrected chi connectivity index (χ1v) is 13.4. The summed E-state index contributed by atoms with van der Waals surface area (Å²) in [5, 5.41) is 5.29. The van der Waals surface area contributed by atoms with Crippen molar-refractivity contribution in [3.05, 3.63) is 140 Å². The molecule has 0 unspecified atom stereocenters. The molecular weight excluding hydrogens is 504 g/mol. The molecule has 33 heavy (non-hydrogen) atoms. The predicted molar refractivity (Wildman–Crippen MR) is 152 cm³/mol. The Morgan fingerprint density at radius 3 is 0.879 bits per heavy atom. The smallest absolute Gasteiger partial charge is 0.0728 e. The van der Waals surface area contributed by atoms with Crippen LogP contribution in [0, 0.1) is 0 Å². The Labute approximate surface area is 208 Å². The molecule has 0 amide bonds. The second-order valence-corrected chi connectivity index (χ2v) is 11.7. The molecule has 1 nitrogen and oxygen atoms in total. The van der Waals surface area contributed by atoms with E-state index in [1.54, 1.807) is 0 Å². The molecule has 0 spiro atoms. The molecule has 0 atom stereocenters. The van der Waals surface area contributed by atoms with Gasteiger partial charge in [0.1, 0.15) is 0 Å². The molecule has 4 heteroatoms. The Morgan fingerprint density at radius 1 is 0.333 bits per heavy atom. The number of pyridine rings is 1. The molecule has 0 saturated heterocycles. The molecule has 1 heterocycles. The number of hydrogen-bond donors (Lipinski definition) is 0. The second-order valence-electron chi connectivity index (χ2n) is 7.37. The van der Waals surface area contributed by atoms with Crippen LogP contribution in [-0.2, 0) is 0 Å². The van der Waals surface area contributed by atoms with Gasteiger partial charge in [-0.25, -0.2) is 4.98 Å². The lowest BCUT2D eigenvalue weighted by molar-refractivity contribution is 1.46. The van der Waals surface area contributed by atoms with Crippen LogP contribution in [0.25, 0.3) is 0 Å². The SMILES string of the molecule is Br.c1ccc(P(c2ccccc2)c2cccc(P(c3ccccc3)c3ccccc3)n2)cc1. The molecule has 162 valence electrons. The largest absolute Gasteiger partial charge is 0.247 e. The molecule has 0 aliphatic heterocycles. The van der Waals surface area contributed by atoms with E-state index in [0.29, 0.717) is 0 Å².